The SMILES string of the molecule is CN(Cc1cccc(Cl)c1)C(=O)C1CCN(S(=O)(=O)c2cc(C(N)=O)n(C)c2)CC1. The lowest BCUT2D eigenvalue weighted by atomic mass is 9.96. The molecule has 0 aliphatic carbocycles. The summed E-state index contributed by atoms with van der Waals surface area (Å²) >= 11 is 6.00. The number of primary amides is 1. The van der Waals surface area contributed by atoms with Gasteiger partial charge in [0, 0.05) is 50.9 Å². The molecular formula is C20H25ClN4O4S. The zero-order valence-electron chi connectivity index (χ0n) is 16.9. The van der Waals surface area contributed by atoms with Gasteiger partial charge in [0.15, 0.2) is 0 Å². The fourth-order valence-electron chi connectivity index (χ4n) is 3.71. The number of benzene rings is 1. The van der Waals surface area contributed by atoms with E-state index in [2.05, 4.69) is 0 Å². The highest BCUT2D eigenvalue weighted by Crippen LogP contribution is 2.26. The second-order valence-electron chi connectivity index (χ2n) is 7.54. The third-order valence-corrected chi connectivity index (χ3v) is 7.46. The molecule has 1 saturated heterocycles. The van der Waals surface area contributed by atoms with Crippen LogP contribution in [0, 0.1) is 5.92 Å². The Labute approximate surface area is 181 Å². The van der Waals surface area contributed by atoms with Gasteiger partial charge in [-0.05, 0) is 36.6 Å². The van der Waals surface area contributed by atoms with E-state index in [4.69, 9.17) is 17.3 Å². The van der Waals surface area contributed by atoms with Crippen molar-refractivity contribution in [1.29, 1.82) is 0 Å². The van der Waals surface area contributed by atoms with Crippen molar-refractivity contribution in [3.8, 4) is 0 Å². The van der Waals surface area contributed by atoms with E-state index < -0.39 is 15.9 Å². The average Bonchev–Trinajstić information content (AvgIpc) is 3.10. The predicted octanol–water partition coefficient (Wildman–Crippen LogP) is 1.84. The van der Waals surface area contributed by atoms with Crippen molar-refractivity contribution in [1.82, 2.24) is 13.8 Å². The second-order valence-corrected chi connectivity index (χ2v) is 9.91. The fourth-order valence-corrected chi connectivity index (χ4v) is 5.47. The summed E-state index contributed by atoms with van der Waals surface area (Å²) in [6.07, 6.45) is 2.26. The van der Waals surface area contributed by atoms with Crippen molar-refractivity contribution < 1.29 is 18.0 Å². The van der Waals surface area contributed by atoms with Gasteiger partial charge in [-0.3, -0.25) is 9.59 Å². The van der Waals surface area contributed by atoms with Gasteiger partial charge < -0.3 is 15.2 Å². The van der Waals surface area contributed by atoms with Crippen LogP contribution >= 0.6 is 11.6 Å². The normalized spacial score (nSPS) is 15.8. The molecule has 3 rings (SSSR count). The lowest BCUT2D eigenvalue weighted by Crippen LogP contribution is -2.43. The van der Waals surface area contributed by atoms with Gasteiger partial charge in [0.05, 0.1) is 0 Å². The summed E-state index contributed by atoms with van der Waals surface area (Å²) in [5, 5.41) is 0.618. The zero-order valence-corrected chi connectivity index (χ0v) is 18.5. The molecule has 1 fully saturated rings. The van der Waals surface area contributed by atoms with Crippen molar-refractivity contribution in [2.24, 2.45) is 18.7 Å². The summed E-state index contributed by atoms with van der Waals surface area (Å²) < 4.78 is 28.6. The van der Waals surface area contributed by atoms with Crippen LogP contribution in [0.15, 0.2) is 41.4 Å². The van der Waals surface area contributed by atoms with Crippen LogP contribution in [0.3, 0.4) is 0 Å². The highest BCUT2D eigenvalue weighted by molar-refractivity contribution is 7.89. The first-order valence-corrected chi connectivity index (χ1v) is 11.4. The predicted molar refractivity (Wildman–Crippen MR) is 113 cm³/mol. The Bertz CT molecular complexity index is 1060. The third kappa shape index (κ3) is 4.69. The van der Waals surface area contributed by atoms with Gasteiger partial charge in [-0.2, -0.15) is 4.31 Å². The van der Waals surface area contributed by atoms with E-state index in [1.165, 1.54) is 21.1 Å². The molecule has 1 aliphatic heterocycles. The molecule has 162 valence electrons. The minimum Gasteiger partial charge on any atom is -0.364 e. The van der Waals surface area contributed by atoms with E-state index in [1.54, 1.807) is 25.1 Å². The largest absolute Gasteiger partial charge is 0.364 e. The summed E-state index contributed by atoms with van der Waals surface area (Å²) in [6, 6.07) is 8.63. The third-order valence-electron chi connectivity index (χ3n) is 5.36. The number of nitrogens with two attached hydrogens (primary N) is 1. The van der Waals surface area contributed by atoms with Crippen molar-refractivity contribution in [3.63, 3.8) is 0 Å². The van der Waals surface area contributed by atoms with E-state index in [1.807, 2.05) is 18.2 Å². The summed E-state index contributed by atoms with van der Waals surface area (Å²) in [4.78, 5) is 25.9. The molecule has 0 saturated carbocycles. The van der Waals surface area contributed by atoms with Crippen molar-refractivity contribution in [2.45, 2.75) is 24.3 Å². The van der Waals surface area contributed by atoms with E-state index in [0.29, 0.717) is 24.4 Å². The van der Waals surface area contributed by atoms with Crippen LogP contribution in [-0.2, 0) is 28.4 Å². The molecule has 0 atom stereocenters. The smallest absolute Gasteiger partial charge is 0.265 e. The molecule has 8 nitrogen and oxygen atoms in total. The molecule has 0 bridgehead atoms. The van der Waals surface area contributed by atoms with Crippen LogP contribution in [0.1, 0.15) is 28.9 Å². The first-order valence-electron chi connectivity index (χ1n) is 9.55. The highest BCUT2D eigenvalue weighted by atomic mass is 35.5. The summed E-state index contributed by atoms with van der Waals surface area (Å²) in [5.41, 5.74) is 6.34. The molecule has 0 radical (unpaired) electrons. The molecule has 0 spiro atoms. The summed E-state index contributed by atoms with van der Waals surface area (Å²) in [6.45, 7) is 0.924. The van der Waals surface area contributed by atoms with E-state index >= 15 is 0 Å². The lowest BCUT2D eigenvalue weighted by Gasteiger charge is -2.32. The van der Waals surface area contributed by atoms with Crippen LogP contribution in [0.5, 0.6) is 0 Å². The number of piperidine rings is 1. The maximum atomic E-state index is 12.9. The number of amides is 2. The molecule has 1 aromatic heterocycles. The fraction of sp³-hybridized carbons (Fsp3) is 0.400. The lowest BCUT2D eigenvalue weighted by molar-refractivity contribution is -0.135. The van der Waals surface area contributed by atoms with Crippen LogP contribution in [0.2, 0.25) is 5.02 Å². The summed E-state index contributed by atoms with van der Waals surface area (Å²) in [7, 11) is -0.448. The Kier molecular flexibility index (Phi) is 6.54. The maximum Gasteiger partial charge on any atom is 0.265 e. The van der Waals surface area contributed by atoms with Gasteiger partial charge in [0.1, 0.15) is 10.6 Å². The van der Waals surface area contributed by atoms with Crippen LogP contribution in [-0.4, -0.2) is 54.1 Å². The Morgan fingerprint density at radius 2 is 1.90 bits per heavy atom. The minimum absolute atomic E-state index is 0.0113. The molecule has 2 heterocycles. The molecule has 1 aromatic carbocycles. The molecule has 2 N–H and O–H groups in total. The van der Waals surface area contributed by atoms with Gasteiger partial charge in [-0.15, -0.1) is 0 Å². The first kappa shape index (κ1) is 22.3. The molecule has 2 aromatic rings. The van der Waals surface area contributed by atoms with Crippen LogP contribution < -0.4 is 5.73 Å². The van der Waals surface area contributed by atoms with Crippen molar-refractivity contribution >= 4 is 33.4 Å². The molecule has 30 heavy (non-hydrogen) atoms. The number of sulfonamides is 1. The van der Waals surface area contributed by atoms with Gasteiger partial charge in [-0.25, -0.2) is 8.42 Å². The van der Waals surface area contributed by atoms with E-state index in [-0.39, 0.29) is 35.5 Å². The number of carbonyl (C=O) groups is 2. The maximum absolute atomic E-state index is 12.9. The van der Waals surface area contributed by atoms with Crippen molar-refractivity contribution in [3.05, 3.63) is 52.8 Å². The van der Waals surface area contributed by atoms with Crippen molar-refractivity contribution in [2.75, 3.05) is 20.1 Å². The number of aromatic nitrogens is 1. The van der Waals surface area contributed by atoms with E-state index in [9.17, 15) is 18.0 Å². The quantitative estimate of drug-likeness (QED) is 0.721. The number of carbonyl (C=O) groups excluding carboxylic acids is 2. The average molecular weight is 453 g/mol. The minimum atomic E-state index is -3.75. The molecule has 1 aliphatic rings. The number of hydrogen-bond donors (Lipinski definition) is 1. The number of hydrogen-bond acceptors (Lipinski definition) is 4. The number of aryl methyl sites for hydroxylation is 1. The van der Waals surface area contributed by atoms with Crippen LogP contribution in [0.25, 0.3) is 0 Å². The van der Waals surface area contributed by atoms with E-state index in [0.717, 1.165) is 5.56 Å². The Morgan fingerprint density at radius 3 is 2.47 bits per heavy atom. The Morgan fingerprint density at radius 1 is 1.23 bits per heavy atom. The number of rotatable bonds is 6. The first-order chi connectivity index (χ1) is 14.1. The molecular weight excluding hydrogens is 428 g/mol. The molecule has 2 amide bonds. The standard InChI is InChI=1S/C20H25ClN4O4S/c1-23-13-17(11-18(23)19(22)26)30(28,29)25-8-6-15(7-9-25)20(27)24(2)12-14-4-3-5-16(21)10-14/h3-5,10-11,13,15H,6-9,12H2,1-2H3,(H2,22,26). The van der Waals surface area contributed by atoms with Crippen LogP contribution in [0.4, 0.5) is 0 Å². The monoisotopic (exact) mass is 452 g/mol. The molecule has 0 unspecified atom stereocenters. The highest BCUT2D eigenvalue weighted by Gasteiger charge is 2.34. The second kappa shape index (κ2) is 8.79. The Balaban J connectivity index is 1.63. The topological polar surface area (TPSA) is 106 Å². The van der Waals surface area contributed by atoms with Gasteiger partial charge in [0.25, 0.3) is 5.91 Å². The van der Waals surface area contributed by atoms with Gasteiger partial charge >= 0.3 is 0 Å². The summed E-state index contributed by atoms with van der Waals surface area (Å²) in [5.74, 6) is -0.939. The number of halogens is 1. The zero-order chi connectivity index (χ0) is 22.1. The van der Waals surface area contributed by atoms with Gasteiger partial charge in [0.2, 0.25) is 15.9 Å². The number of nitrogens with zero attached hydrogens (tertiary/aromatic N) is 3. The molecule has 10 heteroatoms. The Hall–Kier alpha value is -2.36. The van der Waals surface area contributed by atoms with Gasteiger partial charge in [-0.1, -0.05) is 23.7 Å².